The van der Waals surface area contributed by atoms with Gasteiger partial charge in [0.25, 0.3) is 5.91 Å². The second-order valence-electron chi connectivity index (χ2n) is 3.09. The van der Waals surface area contributed by atoms with Crippen LogP contribution in [0.1, 0.15) is 12.0 Å². The van der Waals surface area contributed by atoms with E-state index < -0.39 is 18.5 Å². The van der Waals surface area contributed by atoms with Crippen LogP contribution in [0.15, 0.2) is 30.3 Å². The number of nitrogens with one attached hydrogen (secondary N) is 1. The first-order valence-corrected chi connectivity index (χ1v) is 4.49. The van der Waals surface area contributed by atoms with E-state index in [0.717, 1.165) is 5.56 Å². The Labute approximate surface area is 90.2 Å². The lowest BCUT2D eigenvalue weighted by Gasteiger charge is -2.07. The Kier molecular flexibility index (Phi) is 4.30. The summed E-state index contributed by atoms with van der Waals surface area (Å²) in [5.41, 5.74) is 2.49. The lowest BCUT2D eigenvalue weighted by molar-refractivity contribution is -0.163. The molecule has 0 spiro atoms. The second-order valence-corrected chi connectivity index (χ2v) is 3.09. The fourth-order valence-electron chi connectivity index (χ4n) is 0.992. The Morgan fingerprint density at radius 2 is 1.88 bits per heavy atom. The standard InChI is InChI=1S/C10H10F3NO2/c11-10(12,13)6-9(15)14-16-7-8-4-2-1-3-5-8/h1-5H,6-7H2,(H,14,15). The van der Waals surface area contributed by atoms with E-state index in [9.17, 15) is 18.0 Å². The molecule has 0 bridgehead atoms. The molecule has 16 heavy (non-hydrogen) atoms. The number of rotatable bonds is 4. The molecule has 1 aromatic rings. The molecule has 1 amide bonds. The van der Waals surface area contributed by atoms with Gasteiger partial charge < -0.3 is 0 Å². The normalized spacial score (nSPS) is 11.2. The zero-order chi connectivity index (χ0) is 12.0. The summed E-state index contributed by atoms with van der Waals surface area (Å²) in [4.78, 5) is 15.3. The van der Waals surface area contributed by atoms with Gasteiger partial charge in [-0.25, -0.2) is 5.48 Å². The first kappa shape index (κ1) is 12.5. The summed E-state index contributed by atoms with van der Waals surface area (Å²) in [6.07, 6.45) is -6.05. The van der Waals surface area contributed by atoms with Crippen molar-refractivity contribution >= 4 is 5.91 Å². The average molecular weight is 233 g/mol. The van der Waals surface area contributed by atoms with Crippen LogP contribution in [0, 0.1) is 0 Å². The van der Waals surface area contributed by atoms with Crippen molar-refractivity contribution in [3.05, 3.63) is 35.9 Å². The second kappa shape index (κ2) is 5.50. The van der Waals surface area contributed by atoms with Crippen molar-refractivity contribution in [3.63, 3.8) is 0 Å². The largest absolute Gasteiger partial charge is 0.397 e. The minimum atomic E-state index is -4.51. The lowest BCUT2D eigenvalue weighted by Crippen LogP contribution is -2.28. The Morgan fingerprint density at radius 3 is 2.44 bits per heavy atom. The number of benzene rings is 1. The van der Waals surface area contributed by atoms with Gasteiger partial charge in [-0.2, -0.15) is 13.2 Å². The van der Waals surface area contributed by atoms with Crippen molar-refractivity contribution in [2.24, 2.45) is 0 Å². The molecule has 88 valence electrons. The molecular weight excluding hydrogens is 223 g/mol. The monoisotopic (exact) mass is 233 g/mol. The summed E-state index contributed by atoms with van der Waals surface area (Å²) >= 11 is 0. The third-order valence-electron chi connectivity index (χ3n) is 1.63. The fraction of sp³-hybridized carbons (Fsp3) is 0.300. The number of hydrogen-bond acceptors (Lipinski definition) is 2. The Bertz CT molecular complexity index is 338. The third-order valence-corrected chi connectivity index (χ3v) is 1.63. The van der Waals surface area contributed by atoms with Crippen molar-refractivity contribution in [3.8, 4) is 0 Å². The molecule has 6 heteroatoms. The molecule has 1 rings (SSSR count). The summed E-state index contributed by atoms with van der Waals surface area (Å²) in [5.74, 6) is -1.21. The molecule has 0 aliphatic rings. The molecule has 0 unspecified atom stereocenters. The van der Waals surface area contributed by atoms with Gasteiger partial charge in [-0.15, -0.1) is 0 Å². The maximum atomic E-state index is 11.7. The van der Waals surface area contributed by atoms with Gasteiger partial charge in [-0.3, -0.25) is 9.63 Å². The van der Waals surface area contributed by atoms with Gasteiger partial charge in [0.15, 0.2) is 0 Å². The van der Waals surface area contributed by atoms with Gasteiger partial charge in [0.2, 0.25) is 0 Å². The first-order valence-electron chi connectivity index (χ1n) is 4.49. The molecule has 0 heterocycles. The molecular formula is C10H10F3NO2. The summed E-state index contributed by atoms with van der Waals surface area (Å²) in [6, 6.07) is 8.78. The van der Waals surface area contributed by atoms with Crippen molar-refractivity contribution in [2.75, 3.05) is 0 Å². The van der Waals surface area contributed by atoms with E-state index in [1.165, 1.54) is 0 Å². The summed E-state index contributed by atoms with van der Waals surface area (Å²) < 4.78 is 35.2. The SMILES string of the molecule is O=C(CC(F)(F)F)NOCc1ccccc1. The Hall–Kier alpha value is -1.56. The molecule has 0 aliphatic carbocycles. The Balaban J connectivity index is 2.24. The van der Waals surface area contributed by atoms with Crippen molar-refractivity contribution in [2.45, 2.75) is 19.2 Å². The molecule has 0 aromatic heterocycles. The molecule has 0 aliphatic heterocycles. The summed E-state index contributed by atoms with van der Waals surface area (Å²) in [6.45, 7) is 0.0322. The van der Waals surface area contributed by atoms with E-state index in [1.807, 2.05) is 0 Å². The number of hydrogen-bond donors (Lipinski definition) is 1. The molecule has 0 atom stereocenters. The minimum Gasteiger partial charge on any atom is -0.272 e. The number of carbonyl (C=O) groups excluding carboxylic acids is 1. The van der Waals surface area contributed by atoms with E-state index in [1.54, 1.807) is 35.8 Å². The fourth-order valence-corrected chi connectivity index (χ4v) is 0.992. The predicted molar refractivity (Wildman–Crippen MR) is 50.0 cm³/mol. The number of halogens is 3. The minimum absolute atomic E-state index is 0.0322. The molecule has 0 saturated carbocycles. The number of amides is 1. The van der Waals surface area contributed by atoms with E-state index in [4.69, 9.17) is 0 Å². The number of hydroxylamine groups is 1. The predicted octanol–water partition coefficient (Wildman–Crippen LogP) is 2.19. The molecule has 1 N–H and O–H groups in total. The summed E-state index contributed by atoms with van der Waals surface area (Å²) in [5, 5.41) is 0. The lowest BCUT2D eigenvalue weighted by atomic mass is 10.2. The van der Waals surface area contributed by atoms with Crippen molar-refractivity contribution in [1.29, 1.82) is 0 Å². The van der Waals surface area contributed by atoms with Crippen LogP contribution >= 0.6 is 0 Å². The highest BCUT2D eigenvalue weighted by Gasteiger charge is 2.31. The van der Waals surface area contributed by atoms with Crippen molar-refractivity contribution in [1.82, 2.24) is 5.48 Å². The van der Waals surface area contributed by atoms with E-state index in [-0.39, 0.29) is 6.61 Å². The van der Waals surface area contributed by atoms with Gasteiger partial charge in [0, 0.05) is 0 Å². The van der Waals surface area contributed by atoms with E-state index >= 15 is 0 Å². The highest BCUT2D eigenvalue weighted by atomic mass is 19.4. The molecule has 0 radical (unpaired) electrons. The van der Waals surface area contributed by atoms with Gasteiger partial charge >= 0.3 is 6.18 Å². The van der Waals surface area contributed by atoms with Crippen LogP contribution in [0.3, 0.4) is 0 Å². The quantitative estimate of drug-likeness (QED) is 0.809. The third kappa shape index (κ3) is 5.35. The zero-order valence-electron chi connectivity index (χ0n) is 8.25. The van der Waals surface area contributed by atoms with Crippen molar-refractivity contribution < 1.29 is 22.8 Å². The summed E-state index contributed by atoms with van der Waals surface area (Å²) in [7, 11) is 0. The topological polar surface area (TPSA) is 38.3 Å². The van der Waals surface area contributed by atoms with Gasteiger partial charge in [0.1, 0.15) is 6.42 Å². The highest BCUT2D eigenvalue weighted by Crippen LogP contribution is 2.18. The molecule has 3 nitrogen and oxygen atoms in total. The molecule has 0 fully saturated rings. The van der Waals surface area contributed by atoms with E-state index in [2.05, 4.69) is 4.84 Å². The number of alkyl halides is 3. The number of carbonyl (C=O) groups is 1. The van der Waals surface area contributed by atoms with Crippen LogP contribution in [0.4, 0.5) is 13.2 Å². The van der Waals surface area contributed by atoms with Crippen LogP contribution in [-0.2, 0) is 16.2 Å². The van der Waals surface area contributed by atoms with Crippen LogP contribution in [0.5, 0.6) is 0 Å². The van der Waals surface area contributed by atoms with Gasteiger partial charge in [-0.1, -0.05) is 30.3 Å². The average Bonchev–Trinajstić information content (AvgIpc) is 2.16. The van der Waals surface area contributed by atoms with Gasteiger partial charge in [-0.05, 0) is 5.56 Å². The van der Waals surface area contributed by atoms with Crippen LogP contribution in [0.2, 0.25) is 0 Å². The van der Waals surface area contributed by atoms with Crippen LogP contribution in [0.25, 0.3) is 0 Å². The van der Waals surface area contributed by atoms with Gasteiger partial charge in [0.05, 0.1) is 6.61 Å². The maximum absolute atomic E-state index is 11.7. The smallest absolute Gasteiger partial charge is 0.272 e. The van der Waals surface area contributed by atoms with Crippen LogP contribution < -0.4 is 5.48 Å². The zero-order valence-corrected chi connectivity index (χ0v) is 8.25. The maximum Gasteiger partial charge on any atom is 0.397 e. The van der Waals surface area contributed by atoms with E-state index in [0.29, 0.717) is 0 Å². The highest BCUT2D eigenvalue weighted by molar-refractivity contribution is 5.75. The first-order chi connectivity index (χ1) is 7.47. The van der Waals surface area contributed by atoms with Crippen LogP contribution in [-0.4, -0.2) is 12.1 Å². The molecule has 0 saturated heterocycles. The molecule has 1 aromatic carbocycles. The Morgan fingerprint density at radius 1 is 1.25 bits per heavy atom.